The molecule has 0 amide bonds. The Hall–Kier alpha value is -2.15. The topological polar surface area (TPSA) is 41.1 Å². The van der Waals surface area contributed by atoms with Crippen molar-refractivity contribution in [1.29, 1.82) is 0 Å². The third-order valence-electron chi connectivity index (χ3n) is 4.65. The molecule has 140 valence electrons. The van der Waals surface area contributed by atoms with Gasteiger partial charge in [0.15, 0.2) is 0 Å². The van der Waals surface area contributed by atoms with Gasteiger partial charge >= 0.3 is 6.18 Å². The minimum absolute atomic E-state index is 0.0959. The Morgan fingerprint density at radius 3 is 2.35 bits per heavy atom. The van der Waals surface area contributed by atoms with Gasteiger partial charge in [-0.25, -0.2) is 9.97 Å². The molecule has 1 N–H and O–H groups in total. The Balaban J connectivity index is 1.76. The molecule has 3 rings (SSSR count). The number of anilines is 1. The van der Waals surface area contributed by atoms with Gasteiger partial charge in [0.25, 0.3) is 0 Å². The number of alkyl halides is 3. The summed E-state index contributed by atoms with van der Waals surface area (Å²) < 4.78 is 38.4. The Morgan fingerprint density at radius 1 is 1.00 bits per heavy atom. The third kappa shape index (κ3) is 4.94. The van der Waals surface area contributed by atoms with Crippen molar-refractivity contribution in [2.24, 2.45) is 0 Å². The highest BCUT2D eigenvalue weighted by atomic mass is 19.4. The van der Waals surface area contributed by atoms with Crippen LogP contribution >= 0.6 is 0 Å². The summed E-state index contributed by atoms with van der Waals surface area (Å²) in [6, 6.07) is 11.7. The Kier molecular flexibility index (Phi) is 6.08. The Morgan fingerprint density at radius 2 is 1.69 bits per heavy atom. The molecule has 1 atom stereocenters. The average Bonchev–Trinajstić information content (AvgIpc) is 2.92. The highest BCUT2D eigenvalue weighted by Crippen LogP contribution is 2.27. The number of benzene rings is 1. The molecule has 0 spiro atoms. The summed E-state index contributed by atoms with van der Waals surface area (Å²) >= 11 is 0. The molecular formula is C19H23F3N4. The van der Waals surface area contributed by atoms with Crippen molar-refractivity contribution >= 4 is 5.82 Å². The van der Waals surface area contributed by atoms with E-state index in [1.807, 2.05) is 18.2 Å². The molecule has 0 saturated carbocycles. The fourth-order valence-corrected chi connectivity index (χ4v) is 3.33. The number of nitrogens with one attached hydrogen (secondary N) is 1. The van der Waals surface area contributed by atoms with E-state index in [1.54, 1.807) is 0 Å². The predicted octanol–water partition coefficient (Wildman–Crippen LogP) is 4.52. The second kappa shape index (κ2) is 8.49. The van der Waals surface area contributed by atoms with E-state index in [0.717, 1.165) is 37.7 Å². The van der Waals surface area contributed by atoms with Crippen LogP contribution < -0.4 is 5.32 Å². The third-order valence-corrected chi connectivity index (χ3v) is 4.65. The van der Waals surface area contributed by atoms with Crippen molar-refractivity contribution in [3.05, 3.63) is 54.0 Å². The zero-order valence-corrected chi connectivity index (χ0v) is 14.5. The molecule has 0 aliphatic carbocycles. The molecule has 1 aromatic heterocycles. The zero-order chi connectivity index (χ0) is 18.4. The lowest BCUT2D eigenvalue weighted by Gasteiger charge is -2.31. The van der Waals surface area contributed by atoms with Crippen molar-refractivity contribution in [2.75, 3.05) is 25.0 Å². The first-order valence-electron chi connectivity index (χ1n) is 8.97. The Bertz CT molecular complexity index is 683. The maximum absolute atomic E-state index is 12.8. The molecule has 0 radical (unpaired) electrons. The van der Waals surface area contributed by atoms with E-state index >= 15 is 0 Å². The molecule has 0 unspecified atom stereocenters. The van der Waals surface area contributed by atoms with E-state index in [4.69, 9.17) is 0 Å². The number of likely N-dealkylation sites (tertiary alicyclic amines) is 1. The lowest BCUT2D eigenvalue weighted by molar-refractivity contribution is -0.144. The Labute approximate surface area is 151 Å². The minimum atomic E-state index is -4.54. The first-order valence-corrected chi connectivity index (χ1v) is 8.97. The number of halogens is 3. The number of nitrogens with zero attached hydrogens (tertiary/aromatic N) is 3. The average molecular weight is 364 g/mol. The van der Waals surface area contributed by atoms with Crippen LogP contribution in [0.5, 0.6) is 0 Å². The second-order valence-corrected chi connectivity index (χ2v) is 6.52. The molecule has 2 heterocycles. The molecule has 2 aromatic rings. The van der Waals surface area contributed by atoms with Crippen LogP contribution in [-0.4, -0.2) is 34.5 Å². The zero-order valence-electron chi connectivity index (χ0n) is 14.5. The summed E-state index contributed by atoms with van der Waals surface area (Å²) in [6.45, 7) is 2.50. The molecule has 26 heavy (non-hydrogen) atoms. The van der Waals surface area contributed by atoms with Gasteiger partial charge in [-0.3, -0.25) is 4.90 Å². The largest absolute Gasteiger partial charge is 0.451 e. The molecule has 1 aromatic carbocycles. The summed E-state index contributed by atoms with van der Waals surface area (Å²) in [7, 11) is 0. The van der Waals surface area contributed by atoms with Crippen LogP contribution in [0.25, 0.3) is 0 Å². The van der Waals surface area contributed by atoms with E-state index in [-0.39, 0.29) is 11.9 Å². The van der Waals surface area contributed by atoms with Crippen LogP contribution in [0.3, 0.4) is 0 Å². The summed E-state index contributed by atoms with van der Waals surface area (Å²) in [5.41, 5.74) is 1.16. The second-order valence-electron chi connectivity index (χ2n) is 6.52. The van der Waals surface area contributed by atoms with Crippen LogP contribution in [0.4, 0.5) is 19.0 Å². The molecule has 1 fully saturated rings. The summed E-state index contributed by atoms with van der Waals surface area (Å²) in [4.78, 5) is 9.34. The van der Waals surface area contributed by atoms with Crippen LogP contribution in [-0.2, 0) is 6.18 Å². The van der Waals surface area contributed by atoms with Crippen molar-refractivity contribution in [3.8, 4) is 0 Å². The van der Waals surface area contributed by atoms with E-state index in [2.05, 4.69) is 32.3 Å². The van der Waals surface area contributed by atoms with Crippen LogP contribution in [0.1, 0.15) is 43.1 Å². The lowest BCUT2D eigenvalue weighted by Crippen LogP contribution is -2.34. The highest BCUT2D eigenvalue weighted by Gasteiger charge is 2.34. The molecule has 1 aliphatic rings. The van der Waals surface area contributed by atoms with Crippen molar-refractivity contribution in [2.45, 2.75) is 37.9 Å². The summed E-state index contributed by atoms with van der Waals surface area (Å²) in [6.07, 6.45) is 1.35. The fourth-order valence-electron chi connectivity index (χ4n) is 3.33. The summed E-state index contributed by atoms with van der Waals surface area (Å²) in [5.74, 6) is -0.920. The van der Waals surface area contributed by atoms with Gasteiger partial charge in [-0.05, 0) is 37.6 Å². The molecule has 1 aliphatic heterocycles. The van der Waals surface area contributed by atoms with Crippen LogP contribution in [0.15, 0.2) is 42.6 Å². The van der Waals surface area contributed by atoms with Crippen molar-refractivity contribution in [3.63, 3.8) is 0 Å². The number of hydrogen-bond acceptors (Lipinski definition) is 4. The van der Waals surface area contributed by atoms with Crippen molar-refractivity contribution < 1.29 is 13.2 Å². The van der Waals surface area contributed by atoms with Gasteiger partial charge in [0.1, 0.15) is 5.82 Å². The predicted molar refractivity (Wildman–Crippen MR) is 94.7 cm³/mol. The smallest absolute Gasteiger partial charge is 0.368 e. The highest BCUT2D eigenvalue weighted by molar-refractivity contribution is 5.34. The molecule has 4 nitrogen and oxygen atoms in total. The van der Waals surface area contributed by atoms with Gasteiger partial charge in [0.05, 0.1) is 6.04 Å². The molecule has 1 saturated heterocycles. The normalized spacial score (nSPS) is 17.5. The van der Waals surface area contributed by atoms with Gasteiger partial charge < -0.3 is 5.32 Å². The SMILES string of the molecule is FC(F)(F)c1nccc(NC[C@H](c2ccccc2)N2CCCCCC2)n1. The maximum Gasteiger partial charge on any atom is 0.451 e. The molecule has 0 bridgehead atoms. The van der Waals surface area contributed by atoms with Gasteiger partial charge in [-0.2, -0.15) is 13.2 Å². The van der Waals surface area contributed by atoms with E-state index in [0.29, 0.717) is 6.54 Å². The monoisotopic (exact) mass is 364 g/mol. The van der Waals surface area contributed by atoms with Gasteiger partial charge in [-0.15, -0.1) is 0 Å². The van der Waals surface area contributed by atoms with Gasteiger partial charge in [-0.1, -0.05) is 43.2 Å². The molecular weight excluding hydrogens is 341 g/mol. The lowest BCUT2D eigenvalue weighted by atomic mass is 10.0. The van der Waals surface area contributed by atoms with E-state index < -0.39 is 12.0 Å². The van der Waals surface area contributed by atoms with E-state index in [1.165, 1.54) is 18.9 Å². The maximum atomic E-state index is 12.8. The fraction of sp³-hybridized carbons (Fsp3) is 0.474. The molecule has 7 heteroatoms. The standard InChI is InChI=1S/C19H23F3N4/c20-19(21,22)18-23-11-10-17(25-18)24-14-16(15-8-4-3-5-9-15)26-12-6-1-2-7-13-26/h3-5,8-11,16H,1-2,6-7,12-14H2,(H,23,24,25)/t16-/m1/s1. The van der Waals surface area contributed by atoms with Gasteiger partial charge in [0.2, 0.25) is 5.82 Å². The first kappa shape index (κ1) is 18.6. The van der Waals surface area contributed by atoms with E-state index in [9.17, 15) is 13.2 Å². The van der Waals surface area contributed by atoms with Crippen LogP contribution in [0.2, 0.25) is 0 Å². The van der Waals surface area contributed by atoms with Gasteiger partial charge in [0, 0.05) is 12.7 Å². The first-order chi connectivity index (χ1) is 12.5. The quantitative estimate of drug-likeness (QED) is 0.847. The number of rotatable bonds is 5. The van der Waals surface area contributed by atoms with Crippen LogP contribution in [0, 0.1) is 0 Å². The number of aromatic nitrogens is 2. The number of hydrogen-bond donors (Lipinski definition) is 1. The van der Waals surface area contributed by atoms with Crippen molar-refractivity contribution in [1.82, 2.24) is 14.9 Å². The minimum Gasteiger partial charge on any atom is -0.368 e. The summed E-state index contributed by atoms with van der Waals surface area (Å²) in [5, 5.41) is 3.08.